The molecule has 3 aliphatic rings. The molecule has 27 heavy (non-hydrogen) atoms. The van der Waals surface area contributed by atoms with Crippen molar-refractivity contribution in [3.8, 4) is 17.1 Å². The van der Waals surface area contributed by atoms with E-state index in [1.54, 1.807) is 0 Å². The third kappa shape index (κ3) is 3.43. The first-order chi connectivity index (χ1) is 13.2. The predicted molar refractivity (Wildman–Crippen MR) is 108 cm³/mol. The van der Waals surface area contributed by atoms with Gasteiger partial charge in [-0.2, -0.15) is 0 Å². The van der Waals surface area contributed by atoms with Crippen LogP contribution < -0.4 is 10.5 Å². The molecule has 0 radical (unpaired) electrons. The Bertz CT molecular complexity index is 837. The van der Waals surface area contributed by atoms with Crippen LogP contribution in [0.2, 0.25) is 5.02 Å². The lowest BCUT2D eigenvalue weighted by atomic mass is 9.94. The Morgan fingerprint density at radius 3 is 2.85 bits per heavy atom. The van der Waals surface area contributed by atoms with Crippen LogP contribution in [0.4, 0.5) is 5.69 Å². The number of hydrogen-bond donors (Lipinski definition) is 2. The van der Waals surface area contributed by atoms with E-state index in [9.17, 15) is 0 Å². The van der Waals surface area contributed by atoms with Gasteiger partial charge in [0.25, 0.3) is 0 Å². The van der Waals surface area contributed by atoms with Gasteiger partial charge in [-0.05, 0) is 63.6 Å². The van der Waals surface area contributed by atoms with Gasteiger partial charge in [0.1, 0.15) is 11.6 Å². The second-order valence-electron chi connectivity index (χ2n) is 8.28. The van der Waals surface area contributed by atoms with Gasteiger partial charge >= 0.3 is 0 Å². The van der Waals surface area contributed by atoms with Crippen molar-refractivity contribution >= 4 is 17.3 Å². The molecule has 0 amide bonds. The van der Waals surface area contributed by atoms with Crippen LogP contribution in [0.3, 0.4) is 0 Å². The number of ether oxygens (including phenoxy) is 1. The highest BCUT2D eigenvalue weighted by atomic mass is 35.5. The lowest BCUT2D eigenvalue weighted by Crippen LogP contribution is -2.34. The third-order valence-corrected chi connectivity index (χ3v) is 6.59. The Balaban J connectivity index is 1.36. The summed E-state index contributed by atoms with van der Waals surface area (Å²) in [7, 11) is 0. The molecule has 3 N–H and O–H groups in total. The first kappa shape index (κ1) is 17.4. The van der Waals surface area contributed by atoms with Crippen molar-refractivity contribution in [3.05, 3.63) is 28.5 Å². The number of H-pyrrole nitrogens is 1. The van der Waals surface area contributed by atoms with Crippen LogP contribution in [0.15, 0.2) is 12.3 Å². The third-order valence-electron chi connectivity index (χ3n) is 6.28. The van der Waals surface area contributed by atoms with Crippen molar-refractivity contribution in [2.24, 2.45) is 5.92 Å². The molecule has 6 heteroatoms. The molecule has 144 valence electrons. The number of rotatable bonds is 4. The number of benzene rings is 1. The number of aromatic nitrogens is 2. The van der Waals surface area contributed by atoms with Gasteiger partial charge in [0.2, 0.25) is 0 Å². The first-order valence-electron chi connectivity index (χ1n) is 10.2. The van der Waals surface area contributed by atoms with Gasteiger partial charge in [0.15, 0.2) is 0 Å². The first-order valence-corrected chi connectivity index (χ1v) is 10.6. The summed E-state index contributed by atoms with van der Waals surface area (Å²) in [5, 5.41) is 0.584. The summed E-state index contributed by atoms with van der Waals surface area (Å²) in [5.74, 6) is 3.22. The van der Waals surface area contributed by atoms with E-state index in [1.165, 1.54) is 51.0 Å². The highest BCUT2D eigenvalue weighted by molar-refractivity contribution is 6.33. The van der Waals surface area contributed by atoms with Crippen molar-refractivity contribution in [1.82, 2.24) is 14.9 Å². The van der Waals surface area contributed by atoms with Gasteiger partial charge in [-0.15, -0.1) is 0 Å². The number of anilines is 1. The van der Waals surface area contributed by atoms with Gasteiger partial charge < -0.3 is 20.4 Å². The highest BCUT2D eigenvalue weighted by Gasteiger charge is 2.28. The van der Waals surface area contributed by atoms with Crippen molar-refractivity contribution in [2.75, 3.05) is 32.0 Å². The number of nitrogens with one attached hydrogen (secondary N) is 1. The number of hydrogen-bond acceptors (Lipinski definition) is 4. The molecular weight excluding hydrogens is 360 g/mol. The SMILES string of the molecule is Nc1c(Cl)cc(-c2ncc(C3CCN(CC4CC4)CC3)[nH]2)c2c1CCCO2. The molecule has 5 rings (SSSR count). The number of halogens is 1. The molecule has 0 spiro atoms. The molecule has 0 bridgehead atoms. The quantitative estimate of drug-likeness (QED) is 0.772. The second kappa shape index (κ2) is 7.02. The number of aromatic amines is 1. The van der Waals surface area contributed by atoms with Gasteiger partial charge in [-0.25, -0.2) is 4.98 Å². The maximum absolute atomic E-state index is 6.39. The topological polar surface area (TPSA) is 67.2 Å². The summed E-state index contributed by atoms with van der Waals surface area (Å²) in [6, 6.07) is 1.89. The van der Waals surface area contributed by atoms with Gasteiger partial charge in [-0.1, -0.05) is 11.6 Å². The van der Waals surface area contributed by atoms with Crippen LogP contribution in [0.25, 0.3) is 11.4 Å². The lowest BCUT2D eigenvalue weighted by molar-refractivity contribution is 0.203. The van der Waals surface area contributed by atoms with E-state index in [0.29, 0.717) is 23.2 Å². The Morgan fingerprint density at radius 1 is 1.26 bits per heavy atom. The number of fused-ring (bicyclic) bond motifs is 1. The molecule has 2 fully saturated rings. The van der Waals surface area contributed by atoms with E-state index in [-0.39, 0.29) is 0 Å². The molecule has 2 aromatic rings. The van der Waals surface area contributed by atoms with Gasteiger partial charge in [0.05, 0.1) is 22.9 Å². The molecule has 5 nitrogen and oxygen atoms in total. The molecule has 1 aromatic heterocycles. The highest BCUT2D eigenvalue weighted by Crippen LogP contribution is 2.42. The van der Waals surface area contributed by atoms with Crippen LogP contribution in [-0.2, 0) is 6.42 Å². The lowest BCUT2D eigenvalue weighted by Gasteiger charge is -2.31. The van der Waals surface area contributed by atoms with Gasteiger partial charge in [0, 0.05) is 29.9 Å². The normalized spacial score (nSPS) is 21.1. The smallest absolute Gasteiger partial charge is 0.141 e. The maximum Gasteiger partial charge on any atom is 0.141 e. The van der Waals surface area contributed by atoms with E-state index in [4.69, 9.17) is 22.1 Å². The standard InChI is InChI=1S/C21H27ClN4O/c22-17-10-16(20-15(19(17)23)2-1-9-27-20)21-24-11-18(25-21)14-5-7-26(8-6-14)12-13-3-4-13/h10-11,13-14H,1-9,12,23H2,(H,24,25). The Hall–Kier alpha value is -1.72. The van der Waals surface area contributed by atoms with Crippen molar-refractivity contribution < 1.29 is 4.74 Å². The second-order valence-corrected chi connectivity index (χ2v) is 8.69. The zero-order valence-electron chi connectivity index (χ0n) is 15.6. The summed E-state index contributed by atoms with van der Waals surface area (Å²) in [5.41, 5.74) is 10.0. The van der Waals surface area contributed by atoms with Crippen molar-refractivity contribution in [3.63, 3.8) is 0 Å². The molecular formula is C21H27ClN4O. The Kier molecular flexibility index (Phi) is 4.52. The number of nitrogens with two attached hydrogens (primary N) is 1. The molecule has 1 aromatic carbocycles. The molecule has 1 saturated carbocycles. The fourth-order valence-electron chi connectivity index (χ4n) is 4.48. The minimum atomic E-state index is 0.558. The molecule has 3 heterocycles. The van der Waals surface area contributed by atoms with E-state index >= 15 is 0 Å². The zero-order chi connectivity index (χ0) is 18.4. The van der Waals surface area contributed by atoms with Crippen LogP contribution in [0.1, 0.15) is 49.3 Å². The molecule has 1 aliphatic carbocycles. The molecule has 0 atom stereocenters. The van der Waals surface area contributed by atoms with Crippen LogP contribution in [0.5, 0.6) is 5.75 Å². The fourth-order valence-corrected chi connectivity index (χ4v) is 4.71. The average Bonchev–Trinajstić information content (AvgIpc) is 3.38. The number of nitrogens with zero attached hydrogens (tertiary/aromatic N) is 2. The summed E-state index contributed by atoms with van der Waals surface area (Å²) in [6.45, 7) is 4.41. The monoisotopic (exact) mass is 386 g/mol. The van der Waals surface area contributed by atoms with Gasteiger partial charge in [-0.3, -0.25) is 0 Å². The minimum absolute atomic E-state index is 0.558. The van der Waals surface area contributed by atoms with E-state index in [1.807, 2.05) is 12.3 Å². The predicted octanol–water partition coefficient (Wildman–Crippen LogP) is 4.23. The Morgan fingerprint density at radius 2 is 2.07 bits per heavy atom. The van der Waals surface area contributed by atoms with E-state index in [2.05, 4.69) is 14.9 Å². The molecule has 0 unspecified atom stereocenters. The molecule has 1 saturated heterocycles. The number of likely N-dealkylation sites (tertiary alicyclic amines) is 1. The largest absolute Gasteiger partial charge is 0.492 e. The summed E-state index contributed by atoms with van der Waals surface area (Å²) < 4.78 is 5.95. The number of imidazole rings is 1. The number of nitrogen functional groups attached to an aromatic ring is 1. The maximum atomic E-state index is 6.39. The van der Waals surface area contributed by atoms with Crippen LogP contribution in [-0.4, -0.2) is 41.1 Å². The molecule has 2 aliphatic heterocycles. The average molecular weight is 387 g/mol. The summed E-state index contributed by atoms with van der Waals surface area (Å²) >= 11 is 6.39. The van der Waals surface area contributed by atoms with Crippen molar-refractivity contribution in [1.29, 1.82) is 0 Å². The zero-order valence-corrected chi connectivity index (χ0v) is 16.4. The number of piperidine rings is 1. The fraction of sp³-hybridized carbons (Fsp3) is 0.571. The minimum Gasteiger partial charge on any atom is -0.492 e. The van der Waals surface area contributed by atoms with Crippen molar-refractivity contribution in [2.45, 2.75) is 44.4 Å². The summed E-state index contributed by atoms with van der Waals surface area (Å²) in [6.07, 6.45) is 9.13. The van der Waals surface area contributed by atoms with Crippen LogP contribution in [0, 0.1) is 5.92 Å². The van der Waals surface area contributed by atoms with E-state index in [0.717, 1.165) is 41.5 Å². The summed E-state index contributed by atoms with van der Waals surface area (Å²) in [4.78, 5) is 10.9. The van der Waals surface area contributed by atoms with Crippen LogP contribution >= 0.6 is 11.6 Å². The van der Waals surface area contributed by atoms with E-state index < -0.39 is 0 Å². The Labute approximate surface area is 165 Å².